The molecule has 3 N–H and O–H groups in total. The van der Waals surface area contributed by atoms with Gasteiger partial charge < -0.3 is 30.5 Å². The molecule has 194 valence electrons. The van der Waals surface area contributed by atoms with E-state index in [1.807, 2.05) is 37.3 Å². The minimum Gasteiger partial charge on any atom is -0.495 e. The lowest BCUT2D eigenvalue weighted by molar-refractivity contribution is 0.0954. The quantitative estimate of drug-likeness (QED) is 0.500. The summed E-state index contributed by atoms with van der Waals surface area (Å²) in [5.74, 6) is 0.753. The van der Waals surface area contributed by atoms with Crippen LogP contribution in [0.3, 0.4) is 0 Å². The molecule has 0 atom stereocenters. The van der Waals surface area contributed by atoms with Crippen LogP contribution in [0, 0.1) is 0 Å². The molecule has 1 saturated heterocycles. The number of anilines is 3. The number of nitrogens with zero attached hydrogens (tertiary/aromatic N) is 2. The monoisotopic (exact) mass is 493 g/mol. The predicted octanol–water partition coefficient (Wildman–Crippen LogP) is 4.62. The maximum atomic E-state index is 13.1. The molecule has 0 radical (unpaired) electrons. The average molecular weight is 494 g/mol. The van der Waals surface area contributed by atoms with E-state index in [2.05, 4.69) is 31.8 Å². The van der Waals surface area contributed by atoms with Gasteiger partial charge in [0, 0.05) is 50.1 Å². The molecule has 1 heterocycles. The lowest BCUT2D eigenvalue weighted by atomic mass is 9.96. The number of benzene rings is 2. The van der Waals surface area contributed by atoms with Gasteiger partial charge in [0.15, 0.2) is 0 Å². The Kier molecular flexibility index (Phi) is 8.92. The van der Waals surface area contributed by atoms with Crippen LogP contribution >= 0.6 is 0 Å². The van der Waals surface area contributed by atoms with E-state index in [4.69, 9.17) is 4.74 Å². The van der Waals surface area contributed by atoms with Gasteiger partial charge in [0.2, 0.25) is 0 Å². The van der Waals surface area contributed by atoms with Crippen LogP contribution in [0.25, 0.3) is 0 Å². The second-order valence-corrected chi connectivity index (χ2v) is 9.57. The van der Waals surface area contributed by atoms with Crippen LogP contribution in [-0.2, 0) is 0 Å². The van der Waals surface area contributed by atoms with Crippen molar-refractivity contribution in [1.29, 1.82) is 0 Å². The number of hydrogen-bond donors (Lipinski definition) is 3. The summed E-state index contributed by atoms with van der Waals surface area (Å²) in [5, 5.41) is 9.03. The molecule has 8 nitrogen and oxygen atoms in total. The second kappa shape index (κ2) is 12.5. The number of hydrogen-bond acceptors (Lipinski definition) is 5. The molecule has 36 heavy (non-hydrogen) atoms. The number of piperazine rings is 1. The first-order valence-corrected chi connectivity index (χ1v) is 13.2. The Bertz CT molecular complexity index is 1030. The minimum absolute atomic E-state index is 0.115. The normalized spacial score (nSPS) is 16.4. The summed E-state index contributed by atoms with van der Waals surface area (Å²) >= 11 is 0. The van der Waals surface area contributed by atoms with Gasteiger partial charge in [-0.05, 0) is 49.6 Å². The van der Waals surface area contributed by atoms with Gasteiger partial charge in [-0.25, -0.2) is 4.79 Å². The van der Waals surface area contributed by atoms with Gasteiger partial charge >= 0.3 is 6.03 Å². The van der Waals surface area contributed by atoms with E-state index in [1.165, 1.54) is 6.42 Å². The van der Waals surface area contributed by atoms with E-state index >= 15 is 0 Å². The summed E-state index contributed by atoms with van der Waals surface area (Å²) in [5.41, 5.74) is 3.19. The van der Waals surface area contributed by atoms with Crippen molar-refractivity contribution in [3.63, 3.8) is 0 Å². The van der Waals surface area contributed by atoms with Crippen molar-refractivity contribution in [1.82, 2.24) is 10.6 Å². The summed E-state index contributed by atoms with van der Waals surface area (Å²) < 4.78 is 5.54. The fourth-order valence-corrected chi connectivity index (χ4v) is 5.08. The fourth-order valence-electron chi connectivity index (χ4n) is 5.08. The molecule has 3 amide bonds. The largest absolute Gasteiger partial charge is 0.495 e. The number of ether oxygens (including phenoxy) is 1. The van der Waals surface area contributed by atoms with E-state index in [0.29, 0.717) is 17.8 Å². The van der Waals surface area contributed by atoms with E-state index in [-0.39, 0.29) is 18.0 Å². The highest BCUT2D eigenvalue weighted by molar-refractivity contribution is 6.02. The number of urea groups is 1. The zero-order chi connectivity index (χ0) is 25.3. The molecule has 2 fully saturated rings. The zero-order valence-corrected chi connectivity index (χ0v) is 21.5. The van der Waals surface area contributed by atoms with E-state index in [0.717, 1.165) is 75.4 Å². The number of rotatable bonds is 8. The number of amides is 3. The van der Waals surface area contributed by atoms with Crippen molar-refractivity contribution in [3.8, 4) is 5.75 Å². The number of methoxy groups -OCH3 is 1. The highest BCUT2D eigenvalue weighted by Crippen LogP contribution is 2.31. The first-order chi connectivity index (χ1) is 17.6. The highest BCUT2D eigenvalue weighted by Gasteiger charge is 2.24. The average Bonchev–Trinajstić information content (AvgIpc) is 2.92. The summed E-state index contributed by atoms with van der Waals surface area (Å²) in [6.45, 7) is 5.84. The van der Waals surface area contributed by atoms with Crippen molar-refractivity contribution in [2.75, 3.05) is 55.0 Å². The molecule has 1 aliphatic heterocycles. The van der Waals surface area contributed by atoms with E-state index < -0.39 is 0 Å². The lowest BCUT2D eigenvalue weighted by Crippen LogP contribution is -2.47. The molecule has 0 bridgehead atoms. The first kappa shape index (κ1) is 25.7. The van der Waals surface area contributed by atoms with Crippen LogP contribution in [0.15, 0.2) is 42.5 Å². The lowest BCUT2D eigenvalue weighted by Gasteiger charge is -2.38. The van der Waals surface area contributed by atoms with Gasteiger partial charge in [0.25, 0.3) is 5.91 Å². The molecule has 1 saturated carbocycles. The summed E-state index contributed by atoms with van der Waals surface area (Å²) in [6.07, 6.45) is 6.47. The third kappa shape index (κ3) is 6.42. The number of para-hydroxylation sites is 2. The summed E-state index contributed by atoms with van der Waals surface area (Å²) in [7, 11) is 1.70. The van der Waals surface area contributed by atoms with Crippen molar-refractivity contribution in [2.45, 2.75) is 51.5 Å². The molecule has 1 aliphatic carbocycles. The van der Waals surface area contributed by atoms with Crippen molar-refractivity contribution in [2.24, 2.45) is 0 Å². The van der Waals surface area contributed by atoms with Gasteiger partial charge in [-0.3, -0.25) is 4.79 Å². The maximum absolute atomic E-state index is 13.1. The molecular weight excluding hydrogens is 454 g/mol. The van der Waals surface area contributed by atoms with Gasteiger partial charge in [0.1, 0.15) is 5.75 Å². The molecule has 2 aromatic carbocycles. The number of nitrogens with one attached hydrogen (secondary N) is 3. The van der Waals surface area contributed by atoms with Crippen LogP contribution in [0.4, 0.5) is 21.9 Å². The van der Waals surface area contributed by atoms with Gasteiger partial charge in [-0.15, -0.1) is 0 Å². The summed E-state index contributed by atoms with van der Waals surface area (Å²) in [4.78, 5) is 30.3. The molecule has 0 unspecified atom stereocenters. The van der Waals surface area contributed by atoms with Crippen molar-refractivity contribution in [3.05, 3.63) is 48.0 Å². The standard InChI is InChI=1S/C28H39N5O3/c1-3-15-29-27(34)23-20-22(31-28(35)30-21-9-5-4-6-10-21)13-14-24(23)32-16-18-33(19-17-32)25-11-7-8-12-26(25)36-2/h7-8,11-14,20-21H,3-6,9-10,15-19H2,1-2H3,(H,29,34)(H2,30,31,35). The highest BCUT2D eigenvalue weighted by atomic mass is 16.5. The van der Waals surface area contributed by atoms with Crippen LogP contribution in [0.5, 0.6) is 5.75 Å². The molecule has 2 aromatic rings. The Labute approximate surface area is 214 Å². The Hall–Kier alpha value is -3.42. The first-order valence-electron chi connectivity index (χ1n) is 13.2. The molecule has 2 aliphatic rings. The Balaban J connectivity index is 1.46. The molecule has 8 heteroatoms. The number of carbonyl (C=O) groups excluding carboxylic acids is 2. The van der Waals surface area contributed by atoms with Gasteiger partial charge in [-0.1, -0.05) is 38.3 Å². The topological polar surface area (TPSA) is 85.9 Å². The molecule has 0 spiro atoms. The van der Waals surface area contributed by atoms with E-state index in [9.17, 15) is 9.59 Å². The molecule has 0 aromatic heterocycles. The Morgan fingerprint density at radius 2 is 1.64 bits per heavy atom. The maximum Gasteiger partial charge on any atom is 0.319 e. The molecular formula is C28H39N5O3. The SMILES string of the molecule is CCCNC(=O)c1cc(NC(=O)NC2CCCCC2)ccc1N1CCN(c2ccccc2OC)CC1. The van der Waals surface area contributed by atoms with Crippen LogP contribution < -0.4 is 30.5 Å². The van der Waals surface area contributed by atoms with Crippen LogP contribution in [0.1, 0.15) is 55.8 Å². The predicted molar refractivity (Wildman–Crippen MR) is 146 cm³/mol. The van der Waals surface area contributed by atoms with Crippen molar-refractivity contribution >= 4 is 29.0 Å². The molecule has 4 rings (SSSR count). The van der Waals surface area contributed by atoms with Crippen LogP contribution in [0.2, 0.25) is 0 Å². The van der Waals surface area contributed by atoms with Gasteiger partial charge in [-0.2, -0.15) is 0 Å². The fraction of sp³-hybridized carbons (Fsp3) is 0.500. The third-order valence-electron chi connectivity index (χ3n) is 7.02. The summed E-state index contributed by atoms with van der Waals surface area (Å²) in [6, 6.07) is 13.7. The number of carbonyl (C=O) groups is 2. The second-order valence-electron chi connectivity index (χ2n) is 9.57. The smallest absolute Gasteiger partial charge is 0.319 e. The Morgan fingerprint density at radius 3 is 2.33 bits per heavy atom. The third-order valence-corrected chi connectivity index (χ3v) is 7.02. The van der Waals surface area contributed by atoms with Crippen LogP contribution in [-0.4, -0.2) is 57.8 Å². The van der Waals surface area contributed by atoms with E-state index in [1.54, 1.807) is 13.2 Å². The zero-order valence-electron chi connectivity index (χ0n) is 21.5. The van der Waals surface area contributed by atoms with Gasteiger partial charge in [0.05, 0.1) is 18.4 Å². The minimum atomic E-state index is -0.208. The van der Waals surface area contributed by atoms with Crippen molar-refractivity contribution < 1.29 is 14.3 Å². The Morgan fingerprint density at radius 1 is 0.944 bits per heavy atom.